The number of carbonyl (C=O) groups is 4. The summed E-state index contributed by atoms with van der Waals surface area (Å²) < 4.78 is 0. The van der Waals surface area contributed by atoms with Crippen LogP contribution in [0, 0.1) is 11.8 Å². The van der Waals surface area contributed by atoms with Gasteiger partial charge in [0.1, 0.15) is 0 Å². The Labute approximate surface area is 108 Å². The monoisotopic (exact) mass is 258 g/mol. The van der Waals surface area contributed by atoms with E-state index in [2.05, 4.69) is 10.6 Å². The minimum absolute atomic E-state index is 0.000796. The molecule has 1 unspecified atom stereocenters. The minimum Gasteiger partial charge on any atom is -0.337 e. The van der Waals surface area contributed by atoms with Crippen LogP contribution in [0.2, 0.25) is 0 Å². The van der Waals surface area contributed by atoms with Crippen LogP contribution < -0.4 is 10.6 Å². The molecule has 2 N–H and O–H groups in total. The first-order valence-electron chi connectivity index (χ1n) is 5.86. The zero-order valence-electron chi connectivity index (χ0n) is 9.80. The molecule has 1 aromatic rings. The first kappa shape index (κ1) is 11.6. The second-order valence-electron chi connectivity index (χ2n) is 4.56. The number of urea groups is 1. The lowest BCUT2D eigenvalue weighted by Gasteiger charge is -2.25. The van der Waals surface area contributed by atoms with E-state index >= 15 is 0 Å². The fraction of sp³-hybridized carbons (Fsp3) is 0.231. The number of ketones is 2. The van der Waals surface area contributed by atoms with Gasteiger partial charge in [-0.15, -0.1) is 0 Å². The maximum absolute atomic E-state index is 12.2. The van der Waals surface area contributed by atoms with Crippen LogP contribution in [-0.2, 0) is 4.79 Å². The predicted octanol–water partition coefficient (Wildman–Crippen LogP) is 0.137. The van der Waals surface area contributed by atoms with Crippen molar-refractivity contribution in [3.8, 4) is 0 Å². The van der Waals surface area contributed by atoms with Crippen LogP contribution >= 0.6 is 0 Å². The Morgan fingerprint density at radius 1 is 0.947 bits per heavy atom. The highest BCUT2D eigenvalue weighted by molar-refractivity contribution is 6.28. The van der Waals surface area contributed by atoms with Crippen LogP contribution in [0.5, 0.6) is 0 Å². The molecule has 1 aromatic carbocycles. The number of nitrogens with one attached hydrogen (secondary N) is 2. The molecule has 3 amide bonds. The molecule has 1 saturated heterocycles. The number of carbonyl (C=O) groups excluding carboxylic acids is 4. The summed E-state index contributed by atoms with van der Waals surface area (Å²) in [7, 11) is 0. The van der Waals surface area contributed by atoms with Crippen LogP contribution in [0.25, 0.3) is 0 Å². The van der Waals surface area contributed by atoms with Crippen molar-refractivity contribution in [2.24, 2.45) is 11.8 Å². The summed E-state index contributed by atoms with van der Waals surface area (Å²) >= 11 is 0. The summed E-state index contributed by atoms with van der Waals surface area (Å²) in [4.78, 5) is 47.2. The molecule has 1 atom stereocenters. The summed E-state index contributed by atoms with van der Waals surface area (Å²) in [6.07, 6.45) is 0. The summed E-state index contributed by atoms with van der Waals surface area (Å²) in [6, 6.07) is 5.91. The second kappa shape index (κ2) is 4.01. The number of amides is 3. The molecule has 0 aromatic heterocycles. The summed E-state index contributed by atoms with van der Waals surface area (Å²) in [5, 5.41) is 4.51. The Morgan fingerprint density at radius 3 is 2.05 bits per heavy atom. The van der Waals surface area contributed by atoms with Gasteiger partial charge in [0.25, 0.3) is 0 Å². The second-order valence-corrected chi connectivity index (χ2v) is 4.56. The average Bonchev–Trinajstić information content (AvgIpc) is 2.64. The van der Waals surface area contributed by atoms with E-state index in [4.69, 9.17) is 0 Å². The summed E-state index contributed by atoms with van der Waals surface area (Å²) in [6.45, 7) is 0.000796. The normalized spacial score (nSPS) is 23.1. The molecule has 1 fully saturated rings. The van der Waals surface area contributed by atoms with Crippen molar-refractivity contribution >= 4 is 23.5 Å². The molecular formula is C13H10N2O4. The average molecular weight is 258 g/mol. The van der Waals surface area contributed by atoms with Crippen molar-refractivity contribution < 1.29 is 19.2 Å². The molecule has 6 heteroatoms. The maximum Gasteiger partial charge on any atom is 0.321 e. The van der Waals surface area contributed by atoms with E-state index in [0.717, 1.165) is 0 Å². The third-order valence-corrected chi connectivity index (χ3v) is 3.48. The van der Waals surface area contributed by atoms with Gasteiger partial charge in [-0.2, -0.15) is 0 Å². The van der Waals surface area contributed by atoms with E-state index in [-0.39, 0.29) is 18.1 Å². The molecule has 96 valence electrons. The van der Waals surface area contributed by atoms with Gasteiger partial charge in [-0.1, -0.05) is 24.3 Å². The van der Waals surface area contributed by atoms with Gasteiger partial charge in [-0.05, 0) is 0 Å². The first-order valence-corrected chi connectivity index (χ1v) is 5.86. The summed E-state index contributed by atoms with van der Waals surface area (Å²) in [5.41, 5.74) is 0.699. The topological polar surface area (TPSA) is 92.3 Å². The quantitative estimate of drug-likeness (QED) is 0.701. The molecule has 0 radical (unpaired) electrons. The zero-order chi connectivity index (χ0) is 13.6. The van der Waals surface area contributed by atoms with Crippen LogP contribution in [0.15, 0.2) is 24.3 Å². The van der Waals surface area contributed by atoms with E-state index in [1.807, 2.05) is 0 Å². The Morgan fingerprint density at radius 2 is 1.53 bits per heavy atom. The molecule has 0 spiro atoms. The zero-order valence-corrected chi connectivity index (χ0v) is 9.80. The highest BCUT2D eigenvalue weighted by Gasteiger charge is 2.47. The number of Topliss-reactive ketones (excluding diaryl/α,β-unsaturated/α-hetero) is 2. The number of hydrogen-bond donors (Lipinski definition) is 2. The molecule has 6 nitrogen and oxygen atoms in total. The van der Waals surface area contributed by atoms with Gasteiger partial charge in [-0.3, -0.25) is 19.7 Å². The lowest BCUT2D eigenvalue weighted by Crippen LogP contribution is -2.55. The van der Waals surface area contributed by atoms with E-state index in [1.165, 1.54) is 0 Å². The molecule has 19 heavy (non-hydrogen) atoms. The molecule has 3 rings (SSSR count). The van der Waals surface area contributed by atoms with Crippen LogP contribution in [0.4, 0.5) is 4.79 Å². The molecule has 0 saturated carbocycles. The van der Waals surface area contributed by atoms with E-state index in [0.29, 0.717) is 11.1 Å². The van der Waals surface area contributed by atoms with Gasteiger partial charge >= 0.3 is 6.03 Å². The Balaban J connectivity index is 1.96. The number of hydrogen-bond acceptors (Lipinski definition) is 4. The fourth-order valence-corrected chi connectivity index (χ4v) is 2.55. The molecule has 0 bridgehead atoms. The summed E-state index contributed by atoms with van der Waals surface area (Å²) in [5.74, 6) is -3.15. The maximum atomic E-state index is 12.2. The van der Waals surface area contributed by atoms with Crippen molar-refractivity contribution in [2.75, 3.05) is 6.54 Å². The van der Waals surface area contributed by atoms with Crippen molar-refractivity contribution in [1.29, 1.82) is 0 Å². The first-order chi connectivity index (χ1) is 9.09. The minimum atomic E-state index is -1.03. The van der Waals surface area contributed by atoms with Gasteiger partial charge < -0.3 is 5.32 Å². The third-order valence-electron chi connectivity index (χ3n) is 3.48. The standard InChI is InChI=1S/C13H10N2O4/c16-10-6-3-1-2-4-7(6)11(17)9(10)8-5-14-13(19)15-12(8)18/h1-4,8-9H,5H2,(H2,14,15,18,19). The van der Waals surface area contributed by atoms with Crippen LogP contribution in [-0.4, -0.2) is 30.0 Å². The molecule has 1 aliphatic carbocycles. The predicted molar refractivity (Wildman–Crippen MR) is 63.6 cm³/mol. The van der Waals surface area contributed by atoms with Gasteiger partial charge in [0.2, 0.25) is 5.91 Å². The number of imide groups is 1. The third kappa shape index (κ3) is 1.64. The van der Waals surface area contributed by atoms with Crippen molar-refractivity contribution in [3.63, 3.8) is 0 Å². The largest absolute Gasteiger partial charge is 0.337 e. The van der Waals surface area contributed by atoms with Gasteiger partial charge in [0, 0.05) is 17.7 Å². The van der Waals surface area contributed by atoms with Gasteiger partial charge in [0.05, 0.1) is 11.8 Å². The highest BCUT2D eigenvalue weighted by atomic mass is 16.2. The molecular weight excluding hydrogens is 248 g/mol. The van der Waals surface area contributed by atoms with E-state index in [9.17, 15) is 19.2 Å². The lowest BCUT2D eigenvalue weighted by molar-refractivity contribution is -0.125. The van der Waals surface area contributed by atoms with Crippen molar-refractivity contribution in [1.82, 2.24) is 10.6 Å². The Hall–Kier alpha value is -2.50. The molecule has 1 aliphatic heterocycles. The number of benzene rings is 1. The van der Waals surface area contributed by atoms with Crippen molar-refractivity contribution in [3.05, 3.63) is 35.4 Å². The Kier molecular flexibility index (Phi) is 2.45. The Bertz CT molecular complexity index is 588. The van der Waals surface area contributed by atoms with E-state index < -0.39 is 23.8 Å². The molecule has 2 aliphatic rings. The smallest absolute Gasteiger partial charge is 0.321 e. The van der Waals surface area contributed by atoms with Crippen LogP contribution in [0.3, 0.4) is 0 Å². The molecule has 1 heterocycles. The number of fused-ring (bicyclic) bond motifs is 1. The van der Waals surface area contributed by atoms with Crippen molar-refractivity contribution in [2.45, 2.75) is 0 Å². The number of rotatable bonds is 1. The van der Waals surface area contributed by atoms with Crippen LogP contribution in [0.1, 0.15) is 20.7 Å². The van der Waals surface area contributed by atoms with Gasteiger partial charge in [-0.25, -0.2) is 4.79 Å². The highest BCUT2D eigenvalue weighted by Crippen LogP contribution is 2.32. The SMILES string of the molecule is O=C1NCC(C2C(=O)c3ccccc3C2=O)C(=O)N1. The lowest BCUT2D eigenvalue weighted by atomic mass is 9.86. The van der Waals surface area contributed by atoms with Gasteiger partial charge in [0.15, 0.2) is 11.6 Å². The van der Waals surface area contributed by atoms with E-state index in [1.54, 1.807) is 24.3 Å². The fourth-order valence-electron chi connectivity index (χ4n) is 2.55.